The lowest BCUT2D eigenvalue weighted by molar-refractivity contribution is -0.693. The molecule has 116 valence electrons. The van der Waals surface area contributed by atoms with Crippen molar-refractivity contribution in [1.82, 2.24) is 0 Å². The van der Waals surface area contributed by atoms with Gasteiger partial charge in [0.15, 0.2) is 11.8 Å². The first-order chi connectivity index (χ1) is 10.5. The van der Waals surface area contributed by atoms with Gasteiger partial charge in [-0.1, -0.05) is 6.07 Å². The van der Waals surface area contributed by atoms with Crippen LogP contribution in [-0.4, -0.2) is 17.9 Å². The standard InChI is InChI=1S/C15H15FN2O4/c16-10-3-1-4-11(7-10)18-15(21)13(8-14(19)20)17-9-12-5-2-6-22-12/h1-7,13,17H,8-9H2,(H,18,21)(H,19,20). The van der Waals surface area contributed by atoms with Crippen LogP contribution in [0.2, 0.25) is 0 Å². The Hall–Kier alpha value is -2.67. The third-order valence-corrected chi connectivity index (χ3v) is 3.00. The van der Waals surface area contributed by atoms with Gasteiger partial charge >= 0.3 is 0 Å². The van der Waals surface area contributed by atoms with Crippen LogP contribution >= 0.6 is 0 Å². The lowest BCUT2D eigenvalue weighted by atomic mass is 10.1. The Labute approximate surface area is 125 Å². The minimum Gasteiger partial charge on any atom is -0.550 e. The highest BCUT2D eigenvalue weighted by atomic mass is 19.1. The summed E-state index contributed by atoms with van der Waals surface area (Å²) in [4.78, 5) is 22.9. The molecule has 1 aromatic heterocycles. The van der Waals surface area contributed by atoms with Crippen LogP contribution in [0.4, 0.5) is 10.1 Å². The Morgan fingerprint density at radius 3 is 2.77 bits per heavy atom. The number of quaternary nitrogens is 1. The first kappa shape index (κ1) is 15.7. The zero-order valence-electron chi connectivity index (χ0n) is 11.6. The van der Waals surface area contributed by atoms with Crippen molar-refractivity contribution >= 4 is 17.6 Å². The van der Waals surface area contributed by atoms with Crippen molar-refractivity contribution in [2.24, 2.45) is 0 Å². The highest BCUT2D eigenvalue weighted by molar-refractivity contribution is 5.95. The quantitative estimate of drug-likeness (QED) is 0.729. The number of anilines is 1. The molecule has 0 aliphatic rings. The van der Waals surface area contributed by atoms with Gasteiger partial charge in [-0.25, -0.2) is 4.39 Å². The van der Waals surface area contributed by atoms with Gasteiger partial charge in [0, 0.05) is 18.1 Å². The molecule has 0 spiro atoms. The number of rotatable bonds is 7. The van der Waals surface area contributed by atoms with Crippen LogP contribution in [0.1, 0.15) is 12.2 Å². The molecule has 3 N–H and O–H groups in total. The van der Waals surface area contributed by atoms with Crippen LogP contribution in [0.5, 0.6) is 0 Å². The van der Waals surface area contributed by atoms with E-state index in [4.69, 9.17) is 4.42 Å². The molecule has 7 heteroatoms. The number of aliphatic carboxylic acids is 1. The van der Waals surface area contributed by atoms with Gasteiger partial charge in [-0.05, 0) is 30.3 Å². The molecule has 22 heavy (non-hydrogen) atoms. The Bertz CT molecular complexity index is 643. The molecule has 0 saturated carbocycles. The zero-order valence-corrected chi connectivity index (χ0v) is 11.6. The molecule has 1 amide bonds. The van der Waals surface area contributed by atoms with Gasteiger partial charge in [-0.2, -0.15) is 0 Å². The van der Waals surface area contributed by atoms with Gasteiger partial charge in [-0.15, -0.1) is 0 Å². The Balaban J connectivity index is 2.00. The SMILES string of the molecule is O=C([O-])CC([NH2+]Cc1ccco1)C(=O)Nc1cccc(F)c1. The number of carboxylic acids is 1. The molecule has 6 nitrogen and oxygen atoms in total. The van der Waals surface area contributed by atoms with Gasteiger partial charge in [0.1, 0.15) is 12.4 Å². The topological polar surface area (TPSA) is 99.0 Å². The van der Waals surface area contributed by atoms with Crippen molar-refractivity contribution in [3.8, 4) is 0 Å². The number of nitrogens with two attached hydrogens (primary N) is 1. The summed E-state index contributed by atoms with van der Waals surface area (Å²) >= 11 is 0. The minimum atomic E-state index is -1.34. The second-order valence-electron chi connectivity index (χ2n) is 4.70. The van der Waals surface area contributed by atoms with Crippen molar-refractivity contribution in [1.29, 1.82) is 0 Å². The second-order valence-corrected chi connectivity index (χ2v) is 4.70. The van der Waals surface area contributed by atoms with Crippen molar-refractivity contribution in [3.63, 3.8) is 0 Å². The van der Waals surface area contributed by atoms with E-state index in [1.54, 1.807) is 12.1 Å². The van der Waals surface area contributed by atoms with E-state index in [0.29, 0.717) is 12.3 Å². The van der Waals surface area contributed by atoms with Crippen LogP contribution in [0.15, 0.2) is 47.1 Å². The van der Waals surface area contributed by atoms with Crippen molar-refractivity contribution in [2.75, 3.05) is 5.32 Å². The molecule has 0 radical (unpaired) electrons. The first-order valence-corrected chi connectivity index (χ1v) is 6.66. The minimum absolute atomic E-state index is 0.264. The number of furan rings is 1. The third-order valence-electron chi connectivity index (χ3n) is 3.00. The Kier molecular flexibility index (Phi) is 5.26. The molecular formula is C15H15FN2O4. The summed E-state index contributed by atoms with van der Waals surface area (Å²) < 4.78 is 18.2. The molecule has 0 saturated heterocycles. The summed E-state index contributed by atoms with van der Waals surface area (Å²) in [5.41, 5.74) is 0.264. The van der Waals surface area contributed by atoms with Gasteiger partial charge in [-0.3, -0.25) is 4.79 Å². The fraction of sp³-hybridized carbons (Fsp3) is 0.200. The predicted molar refractivity (Wildman–Crippen MR) is 72.8 cm³/mol. The number of amides is 1. The van der Waals surface area contributed by atoms with E-state index >= 15 is 0 Å². The van der Waals surface area contributed by atoms with Crippen molar-refractivity contribution in [2.45, 2.75) is 19.0 Å². The monoisotopic (exact) mass is 306 g/mol. The van der Waals surface area contributed by atoms with E-state index in [1.165, 1.54) is 29.8 Å². The van der Waals surface area contributed by atoms with Gasteiger partial charge in [0.25, 0.3) is 5.91 Å². The predicted octanol–water partition coefficient (Wildman–Crippen LogP) is -0.371. The molecule has 0 aliphatic carbocycles. The molecule has 2 rings (SSSR count). The molecule has 1 atom stereocenters. The molecule has 0 fully saturated rings. The molecule has 1 unspecified atom stereocenters. The number of benzene rings is 1. The van der Waals surface area contributed by atoms with Crippen LogP contribution in [0.25, 0.3) is 0 Å². The van der Waals surface area contributed by atoms with Crippen LogP contribution in [0, 0.1) is 5.82 Å². The highest BCUT2D eigenvalue weighted by Crippen LogP contribution is 2.09. The van der Waals surface area contributed by atoms with Crippen LogP contribution in [-0.2, 0) is 16.1 Å². The van der Waals surface area contributed by atoms with Gasteiger partial charge < -0.3 is 25.0 Å². The number of nitrogens with one attached hydrogen (secondary N) is 1. The first-order valence-electron chi connectivity index (χ1n) is 6.66. The molecule has 0 bridgehead atoms. The fourth-order valence-electron chi connectivity index (χ4n) is 1.95. The number of carboxylic acid groups (broad SMARTS) is 1. The second kappa shape index (κ2) is 7.37. The number of carbonyl (C=O) groups is 2. The lowest BCUT2D eigenvalue weighted by Crippen LogP contribution is -2.91. The Morgan fingerprint density at radius 2 is 2.14 bits per heavy atom. The van der Waals surface area contributed by atoms with Crippen LogP contribution in [0.3, 0.4) is 0 Å². The van der Waals surface area contributed by atoms with E-state index in [1.807, 2.05) is 0 Å². The average molecular weight is 306 g/mol. The normalized spacial score (nSPS) is 11.9. The maximum atomic E-state index is 13.1. The summed E-state index contributed by atoms with van der Waals surface area (Å²) in [5, 5.41) is 14.8. The molecule has 1 aromatic carbocycles. The summed E-state index contributed by atoms with van der Waals surface area (Å²) in [6, 6.07) is 7.88. The van der Waals surface area contributed by atoms with E-state index < -0.39 is 30.2 Å². The van der Waals surface area contributed by atoms with E-state index in [9.17, 15) is 19.1 Å². The van der Waals surface area contributed by atoms with Gasteiger partial charge in [0.2, 0.25) is 0 Å². The number of halogens is 1. The molecule has 2 aromatic rings. The fourth-order valence-corrected chi connectivity index (χ4v) is 1.95. The maximum absolute atomic E-state index is 13.1. The van der Waals surface area contributed by atoms with Crippen molar-refractivity contribution in [3.05, 3.63) is 54.2 Å². The largest absolute Gasteiger partial charge is 0.550 e. The molecular weight excluding hydrogens is 291 g/mol. The summed E-state index contributed by atoms with van der Waals surface area (Å²) in [6.45, 7) is 0.307. The smallest absolute Gasteiger partial charge is 0.283 e. The summed E-state index contributed by atoms with van der Waals surface area (Å²) in [6.07, 6.45) is 1.03. The average Bonchev–Trinajstić information content (AvgIpc) is 2.96. The van der Waals surface area contributed by atoms with Crippen molar-refractivity contribution < 1.29 is 28.8 Å². The number of hydrogen-bond acceptors (Lipinski definition) is 4. The number of carbonyl (C=O) groups excluding carboxylic acids is 2. The summed E-state index contributed by atoms with van der Waals surface area (Å²) in [7, 11) is 0. The summed E-state index contributed by atoms with van der Waals surface area (Å²) in [5.74, 6) is -1.76. The number of hydrogen-bond donors (Lipinski definition) is 2. The van der Waals surface area contributed by atoms with E-state index in [-0.39, 0.29) is 5.69 Å². The maximum Gasteiger partial charge on any atom is 0.283 e. The van der Waals surface area contributed by atoms with E-state index in [2.05, 4.69) is 5.32 Å². The van der Waals surface area contributed by atoms with E-state index in [0.717, 1.165) is 6.07 Å². The molecule has 1 heterocycles. The zero-order chi connectivity index (χ0) is 15.9. The Morgan fingerprint density at radius 1 is 1.32 bits per heavy atom. The highest BCUT2D eigenvalue weighted by Gasteiger charge is 2.22. The molecule has 0 aliphatic heterocycles. The van der Waals surface area contributed by atoms with Crippen LogP contribution < -0.4 is 15.7 Å². The third kappa shape index (κ3) is 4.71. The lowest BCUT2D eigenvalue weighted by Gasteiger charge is -2.15. The van der Waals surface area contributed by atoms with Gasteiger partial charge in [0.05, 0.1) is 6.26 Å².